The molecule has 3 N–H and O–H groups in total. The molecule has 2 aromatic heterocycles. The van der Waals surface area contributed by atoms with Gasteiger partial charge in [0.2, 0.25) is 11.7 Å². The molecule has 0 radical (unpaired) electrons. The van der Waals surface area contributed by atoms with Crippen LogP contribution in [0.3, 0.4) is 0 Å². The number of fused-ring (bicyclic) bond motifs is 1. The van der Waals surface area contributed by atoms with Gasteiger partial charge in [0, 0.05) is 43.1 Å². The smallest absolute Gasteiger partial charge is 0.244 e. The minimum atomic E-state index is -0.857. The number of nitrogens with one attached hydrogen (secondary N) is 1. The molecule has 0 bridgehead atoms. The summed E-state index contributed by atoms with van der Waals surface area (Å²) in [4.78, 5) is 21.1. The van der Waals surface area contributed by atoms with Crippen LogP contribution in [0.15, 0.2) is 48.9 Å². The Kier molecular flexibility index (Phi) is 6.78. The Morgan fingerprint density at radius 1 is 1.19 bits per heavy atom. The number of amides is 1. The van der Waals surface area contributed by atoms with E-state index in [1.54, 1.807) is 6.20 Å². The van der Waals surface area contributed by atoms with Gasteiger partial charge >= 0.3 is 0 Å². The summed E-state index contributed by atoms with van der Waals surface area (Å²) in [5, 5.41) is 2.90. The van der Waals surface area contributed by atoms with E-state index < -0.39 is 5.54 Å². The summed E-state index contributed by atoms with van der Waals surface area (Å²) in [5.41, 5.74) is 7.85. The van der Waals surface area contributed by atoms with Crippen LogP contribution in [0.25, 0.3) is 17.0 Å². The van der Waals surface area contributed by atoms with Crippen LogP contribution in [0.4, 0.5) is 5.69 Å². The van der Waals surface area contributed by atoms with E-state index >= 15 is 0 Å². The van der Waals surface area contributed by atoms with E-state index in [1.165, 1.54) is 0 Å². The highest BCUT2D eigenvalue weighted by Crippen LogP contribution is 2.23. The van der Waals surface area contributed by atoms with Gasteiger partial charge in [-0.1, -0.05) is 12.1 Å². The molecule has 4 rings (SSSR count). The Labute approximate surface area is 169 Å². The summed E-state index contributed by atoms with van der Waals surface area (Å²) in [6.45, 7) is 1.04. The Morgan fingerprint density at radius 2 is 1.89 bits per heavy atom. The molecule has 0 aliphatic carbocycles. The summed E-state index contributed by atoms with van der Waals surface area (Å²) in [6, 6.07) is 9.41. The molecule has 1 saturated heterocycles. The van der Waals surface area contributed by atoms with Crippen LogP contribution >= 0.6 is 24.8 Å². The third-order valence-electron chi connectivity index (χ3n) is 4.51. The quantitative estimate of drug-likeness (QED) is 0.693. The van der Waals surface area contributed by atoms with Gasteiger partial charge in [0.15, 0.2) is 0 Å². The molecule has 3 heterocycles. The molecule has 3 aromatic rings. The molecule has 7 nitrogen and oxygen atoms in total. The molecule has 144 valence electrons. The Balaban J connectivity index is 0.00000131. The molecule has 0 saturated carbocycles. The molecular formula is C18H21Cl2N5O2. The summed E-state index contributed by atoms with van der Waals surface area (Å²) < 4.78 is 7.15. The zero-order valence-electron chi connectivity index (χ0n) is 14.5. The maximum Gasteiger partial charge on any atom is 0.244 e. The highest BCUT2D eigenvalue weighted by Gasteiger charge is 2.35. The fourth-order valence-electron chi connectivity index (χ4n) is 2.91. The topological polar surface area (TPSA) is 94.5 Å². The number of carbonyl (C=O) groups is 1. The number of hydrogen-bond donors (Lipinski definition) is 2. The number of benzene rings is 1. The van der Waals surface area contributed by atoms with Crippen LogP contribution in [-0.4, -0.2) is 39.0 Å². The largest absolute Gasteiger partial charge is 0.381 e. The van der Waals surface area contributed by atoms with Crippen LogP contribution in [0.1, 0.15) is 12.8 Å². The SMILES string of the molecule is Cl.Cl.NC1(C(=O)Nc2ccc(-c3cn4cccnc4n3)cc2)CCOCC1. The van der Waals surface area contributed by atoms with E-state index in [2.05, 4.69) is 15.3 Å². The second-order valence-corrected chi connectivity index (χ2v) is 6.25. The molecule has 1 amide bonds. The molecule has 0 unspecified atom stereocenters. The number of halogens is 2. The Hall–Kier alpha value is -2.19. The van der Waals surface area contributed by atoms with Crippen molar-refractivity contribution in [1.29, 1.82) is 0 Å². The number of nitrogens with two attached hydrogens (primary N) is 1. The monoisotopic (exact) mass is 409 g/mol. The van der Waals surface area contributed by atoms with Gasteiger partial charge in [-0.2, -0.15) is 0 Å². The minimum Gasteiger partial charge on any atom is -0.381 e. The third kappa shape index (κ3) is 4.39. The zero-order valence-corrected chi connectivity index (χ0v) is 16.1. The molecule has 1 aromatic carbocycles. The fourth-order valence-corrected chi connectivity index (χ4v) is 2.91. The van der Waals surface area contributed by atoms with Crippen LogP contribution in [0.2, 0.25) is 0 Å². The lowest BCUT2D eigenvalue weighted by Crippen LogP contribution is -2.54. The van der Waals surface area contributed by atoms with Gasteiger partial charge in [-0.25, -0.2) is 9.97 Å². The lowest BCUT2D eigenvalue weighted by Gasteiger charge is -2.31. The van der Waals surface area contributed by atoms with Gasteiger partial charge in [-0.3, -0.25) is 9.20 Å². The highest BCUT2D eigenvalue weighted by molar-refractivity contribution is 5.98. The van der Waals surface area contributed by atoms with Gasteiger partial charge in [0.25, 0.3) is 0 Å². The molecule has 1 aliphatic heterocycles. The first-order valence-corrected chi connectivity index (χ1v) is 8.22. The predicted molar refractivity (Wildman–Crippen MR) is 109 cm³/mol. The van der Waals surface area contributed by atoms with Crippen LogP contribution < -0.4 is 11.1 Å². The number of nitrogens with zero attached hydrogens (tertiary/aromatic N) is 3. The molecule has 0 spiro atoms. The van der Waals surface area contributed by atoms with Crippen molar-refractivity contribution in [1.82, 2.24) is 14.4 Å². The second-order valence-electron chi connectivity index (χ2n) is 6.25. The summed E-state index contributed by atoms with van der Waals surface area (Å²) in [5.74, 6) is 0.486. The summed E-state index contributed by atoms with van der Waals surface area (Å²) in [6.07, 6.45) is 6.61. The average Bonchev–Trinajstić information content (AvgIpc) is 3.07. The maximum atomic E-state index is 12.4. The first kappa shape index (κ1) is 21.1. The number of ether oxygens (including phenoxy) is 1. The van der Waals surface area contributed by atoms with E-state index in [0.29, 0.717) is 37.5 Å². The molecule has 0 atom stereocenters. The molecule has 1 fully saturated rings. The number of rotatable bonds is 3. The van der Waals surface area contributed by atoms with Gasteiger partial charge < -0.3 is 15.8 Å². The van der Waals surface area contributed by atoms with Crippen molar-refractivity contribution in [2.45, 2.75) is 18.4 Å². The van der Waals surface area contributed by atoms with Crippen LogP contribution in [-0.2, 0) is 9.53 Å². The number of carbonyl (C=O) groups excluding carboxylic acids is 1. The van der Waals surface area contributed by atoms with Crippen molar-refractivity contribution in [3.63, 3.8) is 0 Å². The second kappa shape index (κ2) is 8.67. The van der Waals surface area contributed by atoms with Crippen molar-refractivity contribution >= 4 is 42.2 Å². The maximum absolute atomic E-state index is 12.4. The summed E-state index contributed by atoms with van der Waals surface area (Å²) >= 11 is 0. The lowest BCUT2D eigenvalue weighted by molar-refractivity contribution is -0.124. The molecular weight excluding hydrogens is 389 g/mol. The van der Waals surface area contributed by atoms with Crippen LogP contribution in [0, 0.1) is 0 Å². The summed E-state index contributed by atoms with van der Waals surface area (Å²) in [7, 11) is 0. The third-order valence-corrected chi connectivity index (χ3v) is 4.51. The van der Waals surface area contributed by atoms with E-state index in [-0.39, 0.29) is 30.7 Å². The molecule has 1 aliphatic rings. The minimum absolute atomic E-state index is 0. The zero-order chi connectivity index (χ0) is 17.3. The first-order valence-electron chi connectivity index (χ1n) is 8.22. The normalized spacial score (nSPS) is 15.4. The standard InChI is InChI=1S/C18H19N5O2.2ClH/c19-18(6-10-25-11-7-18)16(24)21-14-4-2-13(3-5-14)15-12-23-9-1-8-20-17(23)22-15;;/h1-5,8-9,12H,6-7,10-11,19H2,(H,21,24);2*1H. The van der Waals surface area contributed by atoms with Crippen molar-refractivity contribution < 1.29 is 9.53 Å². The first-order chi connectivity index (χ1) is 12.1. The Morgan fingerprint density at radius 3 is 2.56 bits per heavy atom. The van der Waals surface area contributed by atoms with Gasteiger partial charge in [0.05, 0.1) is 5.69 Å². The predicted octanol–water partition coefficient (Wildman–Crippen LogP) is 2.69. The number of imidazole rings is 1. The fraction of sp³-hybridized carbons (Fsp3) is 0.278. The van der Waals surface area contributed by atoms with Crippen LogP contribution in [0.5, 0.6) is 0 Å². The van der Waals surface area contributed by atoms with Crippen molar-refractivity contribution in [3.05, 3.63) is 48.9 Å². The van der Waals surface area contributed by atoms with E-state index in [9.17, 15) is 4.79 Å². The van der Waals surface area contributed by atoms with Gasteiger partial charge in [-0.15, -0.1) is 24.8 Å². The Bertz CT molecular complexity index is 875. The lowest BCUT2D eigenvalue weighted by atomic mass is 9.90. The number of hydrogen-bond acceptors (Lipinski definition) is 5. The van der Waals surface area contributed by atoms with E-state index in [1.807, 2.05) is 47.1 Å². The van der Waals surface area contributed by atoms with Crippen molar-refractivity contribution in [2.75, 3.05) is 18.5 Å². The average molecular weight is 410 g/mol. The number of aromatic nitrogens is 3. The van der Waals surface area contributed by atoms with Crippen molar-refractivity contribution in [2.24, 2.45) is 5.73 Å². The van der Waals surface area contributed by atoms with Crippen molar-refractivity contribution in [3.8, 4) is 11.3 Å². The van der Waals surface area contributed by atoms with Gasteiger partial charge in [0.1, 0.15) is 5.54 Å². The molecule has 9 heteroatoms. The molecule has 27 heavy (non-hydrogen) atoms. The van der Waals surface area contributed by atoms with E-state index in [4.69, 9.17) is 10.5 Å². The van der Waals surface area contributed by atoms with Gasteiger partial charge in [-0.05, 0) is 31.0 Å². The highest BCUT2D eigenvalue weighted by atomic mass is 35.5. The van der Waals surface area contributed by atoms with E-state index in [0.717, 1.165) is 11.3 Å². The number of anilines is 1.